The first kappa shape index (κ1) is 16.6. The van der Waals surface area contributed by atoms with E-state index in [2.05, 4.69) is 61.9 Å². The summed E-state index contributed by atoms with van der Waals surface area (Å²) in [7, 11) is 0. The number of hydrogen-bond donors (Lipinski definition) is 0. The van der Waals surface area contributed by atoms with Crippen molar-refractivity contribution in [1.29, 1.82) is 0 Å². The largest absolute Gasteiger partial charge is 0.437 e. The van der Waals surface area contributed by atoms with Crippen LogP contribution in [0.4, 0.5) is 0 Å². The Balaban J connectivity index is 1.63. The third-order valence-corrected chi connectivity index (χ3v) is 4.56. The molecular formula is C22H22N2O2. The Morgan fingerprint density at radius 3 is 1.50 bits per heavy atom. The molecule has 0 N–H and O–H groups in total. The van der Waals surface area contributed by atoms with Gasteiger partial charge < -0.3 is 8.83 Å². The van der Waals surface area contributed by atoms with Crippen LogP contribution in [0.5, 0.6) is 0 Å². The van der Waals surface area contributed by atoms with Crippen LogP contribution in [0.15, 0.2) is 45.2 Å². The van der Waals surface area contributed by atoms with E-state index in [1.165, 1.54) is 11.1 Å². The second-order valence-corrected chi connectivity index (χ2v) is 7.20. The van der Waals surface area contributed by atoms with Gasteiger partial charge in [0.25, 0.3) is 0 Å². The van der Waals surface area contributed by atoms with Gasteiger partial charge in [0, 0.05) is 12.2 Å². The Bertz CT molecular complexity index is 1010. The summed E-state index contributed by atoms with van der Waals surface area (Å²) < 4.78 is 11.6. The molecule has 0 aliphatic carbocycles. The SMILES string of the molecule is CC(C)c1ccc2oc(/C=C/c3nc4cc(C(C)C)ccc4o3)nc2c1. The van der Waals surface area contributed by atoms with Crippen molar-refractivity contribution in [3.8, 4) is 0 Å². The lowest BCUT2D eigenvalue weighted by Crippen LogP contribution is -1.85. The summed E-state index contributed by atoms with van der Waals surface area (Å²) in [4.78, 5) is 9.08. The molecule has 0 aliphatic heterocycles. The molecule has 0 saturated heterocycles. The van der Waals surface area contributed by atoms with E-state index in [0.29, 0.717) is 23.6 Å². The highest BCUT2D eigenvalue weighted by Gasteiger charge is 2.08. The third-order valence-electron chi connectivity index (χ3n) is 4.56. The summed E-state index contributed by atoms with van der Waals surface area (Å²) in [5, 5.41) is 0. The van der Waals surface area contributed by atoms with E-state index in [4.69, 9.17) is 8.83 Å². The fourth-order valence-corrected chi connectivity index (χ4v) is 2.93. The third kappa shape index (κ3) is 3.15. The second-order valence-electron chi connectivity index (χ2n) is 7.20. The minimum absolute atomic E-state index is 0.463. The quantitative estimate of drug-likeness (QED) is 0.430. The van der Waals surface area contributed by atoms with Gasteiger partial charge in [-0.3, -0.25) is 0 Å². The highest BCUT2D eigenvalue weighted by molar-refractivity contribution is 5.78. The van der Waals surface area contributed by atoms with Gasteiger partial charge in [0.2, 0.25) is 11.8 Å². The number of aromatic nitrogens is 2. The van der Waals surface area contributed by atoms with Crippen molar-refractivity contribution in [2.75, 3.05) is 0 Å². The molecular weight excluding hydrogens is 324 g/mol. The molecule has 0 saturated carbocycles. The molecule has 4 nitrogen and oxygen atoms in total. The molecule has 0 aliphatic rings. The van der Waals surface area contributed by atoms with E-state index < -0.39 is 0 Å². The summed E-state index contributed by atoms with van der Waals surface area (Å²) in [6, 6.07) is 12.3. The fourth-order valence-electron chi connectivity index (χ4n) is 2.93. The minimum atomic E-state index is 0.463. The number of fused-ring (bicyclic) bond motifs is 2. The Hall–Kier alpha value is -2.88. The van der Waals surface area contributed by atoms with Gasteiger partial charge in [0.05, 0.1) is 0 Å². The van der Waals surface area contributed by atoms with Gasteiger partial charge in [-0.1, -0.05) is 39.8 Å². The van der Waals surface area contributed by atoms with Crippen molar-refractivity contribution in [1.82, 2.24) is 9.97 Å². The van der Waals surface area contributed by atoms with Gasteiger partial charge >= 0.3 is 0 Å². The molecule has 2 aromatic heterocycles. The molecule has 0 spiro atoms. The first-order valence-corrected chi connectivity index (χ1v) is 8.98. The molecule has 2 aromatic carbocycles. The average molecular weight is 346 g/mol. The van der Waals surface area contributed by atoms with Crippen LogP contribution in [-0.2, 0) is 0 Å². The monoisotopic (exact) mass is 346 g/mol. The lowest BCUT2D eigenvalue weighted by molar-refractivity contribution is 0.583. The predicted molar refractivity (Wildman–Crippen MR) is 105 cm³/mol. The summed E-state index contributed by atoms with van der Waals surface area (Å²) in [6.07, 6.45) is 3.59. The fraction of sp³-hybridized carbons (Fsp3) is 0.273. The summed E-state index contributed by atoms with van der Waals surface area (Å²) in [6.45, 7) is 8.67. The van der Waals surface area contributed by atoms with Crippen LogP contribution in [0.25, 0.3) is 34.4 Å². The van der Waals surface area contributed by atoms with Crippen LogP contribution >= 0.6 is 0 Å². The van der Waals surface area contributed by atoms with Crippen LogP contribution in [0, 0.1) is 0 Å². The molecule has 132 valence electrons. The van der Waals surface area contributed by atoms with Gasteiger partial charge in [-0.15, -0.1) is 0 Å². The van der Waals surface area contributed by atoms with Crippen molar-refractivity contribution >= 4 is 34.4 Å². The zero-order valence-electron chi connectivity index (χ0n) is 15.5. The molecule has 26 heavy (non-hydrogen) atoms. The molecule has 0 bridgehead atoms. The number of oxazole rings is 2. The number of nitrogens with zero attached hydrogens (tertiary/aromatic N) is 2. The van der Waals surface area contributed by atoms with Crippen LogP contribution in [-0.4, -0.2) is 9.97 Å². The lowest BCUT2D eigenvalue weighted by atomic mass is 10.0. The Morgan fingerprint density at radius 1 is 0.692 bits per heavy atom. The zero-order valence-corrected chi connectivity index (χ0v) is 15.5. The van der Waals surface area contributed by atoms with E-state index in [1.807, 2.05) is 12.1 Å². The second kappa shape index (κ2) is 6.45. The van der Waals surface area contributed by atoms with Crippen LogP contribution in [0.3, 0.4) is 0 Å². The zero-order chi connectivity index (χ0) is 18.3. The molecule has 2 heterocycles. The molecule has 4 rings (SSSR count). The van der Waals surface area contributed by atoms with Crippen molar-refractivity contribution in [2.45, 2.75) is 39.5 Å². The normalized spacial score (nSPS) is 12.4. The van der Waals surface area contributed by atoms with Crippen molar-refractivity contribution in [3.63, 3.8) is 0 Å². The highest BCUT2D eigenvalue weighted by atomic mass is 16.4. The summed E-state index contributed by atoms with van der Waals surface area (Å²) in [5.41, 5.74) is 5.81. The van der Waals surface area contributed by atoms with Gasteiger partial charge in [-0.05, 0) is 47.2 Å². The maximum absolute atomic E-state index is 5.78. The Morgan fingerprint density at radius 2 is 1.12 bits per heavy atom. The van der Waals surface area contributed by atoms with E-state index in [0.717, 1.165) is 22.2 Å². The standard InChI is InChI=1S/C22H22N2O2/c1-13(2)15-5-7-19-17(11-15)23-21(25-19)9-10-22-24-18-12-16(14(3)4)6-8-20(18)26-22/h5-14H,1-4H3/b10-9+. The summed E-state index contributed by atoms with van der Waals surface area (Å²) >= 11 is 0. The molecule has 4 aromatic rings. The topological polar surface area (TPSA) is 52.1 Å². The van der Waals surface area contributed by atoms with Crippen molar-refractivity contribution < 1.29 is 8.83 Å². The van der Waals surface area contributed by atoms with Crippen molar-refractivity contribution in [2.24, 2.45) is 0 Å². The molecule has 0 amide bonds. The number of benzene rings is 2. The van der Waals surface area contributed by atoms with Crippen LogP contribution in [0.2, 0.25) is 0 Å². The van der Waals surface area contributed by atoms with Gasteiger partial charge in [0.1, 0.15) is 11.0 Å². The number of rotatable bonds is 4. The predicted octanol–water partition coefficient (Wildman–Crippen LogP) is 6.39. The highest BCUT2D eigenvalue weighted by Crippen LogP contribution is 2.24. The number of hydrogen-bond acceptors (Lipinski definition) is 4. The first-order chi connectivity index (χ1) is 12.5. The van der Waals surface area contributed by atoms with E-state index in [1.54, 1.807) is 12.2 Å². The van der Waals surface area contributed by atoms with Gasteiger partial charge in [-0.2, -0.15) is 0 Å². The van der Waals surface area contributed by atoms with Crippen molar-refractivity contribution in [3.05, 3.63) is 59.3 Å². The smallest absolute Gasteiger partial charge is 0.220 e. The average Bonchev–Trinajstić information content (AvgIpc) is 3.21. The molecule has 0 unspecified atom stereocenters. The van der Waals surface area contributed by atoms with E-state index >= 15 is 0 Å². The maximum atomic E-state index is 5.78. The molecule has 0 atom stereocenters. The van der Waals surface area contributed by atoms with E-state index in [9.17, 15) is 0 Å². The minimum Gasteiger partial charge on any atom is -0.437 e. The molecule has 0 fully saturated rings. The molecule has 0 radical (unpaired) electrons. The Labute approximate surface area is 152 Å². The maximum Gasteiger partial charge on any atom is 0.220 e. The Kier molecular flexibility index (Phi) is 4.11. The van der Waals surface area contributed by atoms with Gasteiger partial charge in [-0.25, -0.2) is 9.97 Å². The van der Waals surface area contributed by atoms with Gasteiger partial charge in [0.15, 0.2) is 11.2 Å². The van der Waals surface area contributed by atoms with Crippen LogP contribution < -0.4 is 0 Å². The first-order valence-electron chi connectivity index (χ1n) is 8.98. The van der Waals surface area contributed by atoms with E-state index in [-0.39, 0.29) is 0 Å². The molecule has 4 heteroatoms. The van der Waals surface area contributed by atoms with Crippen LogP contribution in [0.1, 0.15) is 62.4 Å². The summed E-state index contributed by atoms with van der Waals surface area (Å²) in [5.74, 6) is 2.02. The lowest BCUT2D eigenvalue weighted by Gasteiger charge is -2.02.